The van der Waals surface area contributed by atoms with Crippen LogP contribution in [0, 0.1) is 5.82 Å². The number of nitrogens with two attached hydrogens (primary N) is 2. The highest BCUT2D eigenvalue weighted by atomic mass is 79.9. The van der Waals surface area contributed by atoms with E-state index in [0.717, 1.165) is 15.6 Å². The molecular weight excluding hydrogens is 297 g/mol. The minimum absolute atomic E-state index is 0.275. The summed E-state index contributed by atoms with van der Waals surface area (Å²) < 4.78 is 13.8. The minimum atomic E-state index is -0.281. The standard InChI is InChI=1S/C13H13BrFN3/c14-9-3-6-12(16)11(7-9)13(18-17)8-1-4-10(15)5-2-8/h1-7,13,18H,16-17H2. The van der Waals surface area contributed by atoms with Crippen LogP contribution < -0.4 is 17.0 Å². The van der Waals surface area contributed by atoms with Crippen molar-refractivity contribution in [3.05, 3.63) is 63.9 Å². The summed E-state index contributed by atoms with van der Waals surface area (Å²) in [5.74, 6) is 5.30. The van der Waals surface area contributed by atoms with Gasteiger partial charge in [-0.25, -0.2) is 9.82 Å². The van der Waals surface area contributed by atoms with E-state index in [1.807, 2.05) is 12.1 Å². The molecule has 94 valence electrons. The number of hydrazine groups is 1. The molecule has 2 aromatic rings. The van der Waals surface area contributed by atoms with Crippen LogP contribution in [0.4, 0.5) is 10.1 Å². The molecule has 0 bridgehead atoms. The molecule has 5 N–H and O–H groups in total. The van der Waals surface area contributed by atoms with Crippen molar-refractivity contribution in [1.82, 2.24) is 5.43 Å². The summed E-state index contributed by atoms with van der Waals surface area (Å²) in [7, 11) is 0. The van der Waals surface area contributed by atoms with Crippen LogP contribution in [0.3, 0.4) is 0 Å². The predicted octanol–water partition coefficient (Wildman–Crippen LogP) is 2.72. The van der Waals surface area contributed by atoms with E-state index < -0.39 is 0 Å². The Morgan fingerprint density at radius 1 is 1.11 bits per heavy atom. The van der Waals surface area contributed by atoms with Crippen LogP contribution in [-0.2, 0) is 0 Å². The van der Waals surface area contributed by atoms with Crippen molar-refractivity contribution in [1.29, 1.82) is 0 Å². The molecule has 1 atom stereocenters. The Kier molecular flexibility index (Phi) is 3.96. The van der Waals surface area contributed by atoms with Crippen molar-refractivity contribution >= 4 is 21.6 Å². The number of halogens is 2. The fourth-order valence-corrected chi connectivity index (χ4v) is 2.20. The largest absolute Gasteiger partial charge is 0.398 e. The Bertz CT molecular complexity index is 542. The van der Waals surface area contributed by atoms with Gasteiger partial charge in [0.05, 0.1) is 6.04 Å². The van der Waals surface area contributed by atoms with E-state index in [0.29, 0.717) is 5.69 Å². The Morgan fingerprint density at radius 3 is 2.39 bits per heavy atom. The molecule has 0 spiro atoms. The average molecular weight is 310 g/mol. The van der Waals surface area contributed by atoms with E-state index in [4.69, 9.17) is 11.6 Å². The smallest absolute Gasteiger partial charge is 0.123 e. The Balaban J connectivity index is 2.44. The molecule has 0 heterocycles. The number of benzene rings is 2. The highest BCUT2D eigenvalue weighted by Crippen LogP contribution is 2.28. The molecule has 0 saturated heterocycles. The van der Waals surface area contributed by atoms with Crippen molar-refractivity contribution in [3.8, 4) is 0 Å². The molecule has 0 aliphatic carbocycles. The first-order chi connectivity index (χ1) is 8.61. The minimum Gasteiger partial charge on any atom is -0.398 e. The van der Waals surface area contributed by atoms with Gasteiger partial charge < -0.3 is 5.73 Å². The Labute approximate surface area is 113 Å². The lowest BCUT2D eigenvalue weighted by Gasteiger charge is -2.19. The SMILES string of the molecule is NNC(c1ccc(F)cc1)c1cc(Br)ccc1N. The zero-order chi connectivity index (χ0) is 13.1. The quantitative estimate of drug-likeness (QED) is 0.464. The summed E-state index contributed by atoms with van der Waals surface area (Å²) in [6.07, 6.45) is 0. The molecule has 2 rings (SSSR count). The second-order valence-corrected chi connectivity index (χ2v) is 4.84. The van der Waals surface area contributed by atoms with Gasteiger partial charge >= 0.3 is 0 Å². The Hall–Kier alpha value is -1.43. The lowest BCUT2D eigenvalue weighted by atomic mass is 9.98. The highest BCUT2D eigenvalue weighted by molar-refractivity contribution is 9.10. The summed E-state index contributed by atoms with van der Waals surface area (Å²) in [6, 6.07) is 11.4. The van der Waals surface area contributed by atoms with Crippen LogP contribution in [-0.4, -0.2) is 0 Å². The monoisotopic (exact) mass is 309 g/mol. The lowest BCUT2D eigenvalue weighted by molar-refractivity contribution is 0.616. The van der Waals surface area contributed by atoms with Gasteiger partial charge in [-0.3, -0.25) is 5.84 Å². The van der Waals surface area contributed by atoms with Gasteiger partial charge in [0.2, 0.25) is 0 Å². The van der Waals surface area contributed by atoms with Crippen LogP contribution in [0.5, 0.6) is 0 Å². The van der Waals surface area contributed by atoms with Crippen molar-refractivity contribution in [2.45, 2.75) is 6.04 Å². The number of hydrogen-bond acceptors (Lipinski definition) is 3. The van der Waals surface area contributed by atoms with Crippen molar-refractivity contribution in [2.24, 2.45) is 5.84 Å². The predicted molar refractivity (Wildman–Crippen MR) is 74.1 cm³/mol. The van der Waals surface area contributed by atoms with E-state index in [9.17, 15) is 4.39 Å². The molecule has 0 fully saturated rings. The topological polar surface area (TPSA) is 64.1 Å². The molecule has 0 amide bonds. The van der Waals surface area contributed by atoms with Crippen LogP contribution in [0.1, 0.15) is 17.2 Å². The zero-order valence-electron chi connectivity index (χ0n) is 9.53. The molecule has 5 heteroatoms. The van der Waals surface area contributed by atoms with E-state index in [2.05, 4.69) is 21.4 Å². The number of anilines is 1. The average Bonchev–Trinajstić information content (AvgIpc) is 2.37. The number of nitrogens with one attached hydrogen (secondary N) is 1. The third-order valence-electron chi connectivity index (χ3n) is 2.73. The van der Waals surface area contributed by atoms with Gasteiger partial charge in [-0.05, 0) is 41.5 Å². The van der Waals surface area contributed by atoms with Gasteiger partial charge in [0.1, 0.15) is 5.82 Å². The lowest BCUT2D eigenvalue weighted by Crippen LogP contribution is -2.29. The van der Waals surface area contributed by atoms with Crippen molar-refractivity contribution in [2.75, 3.05) is 5.73 Å². The first-order valence-electron chi connectivity index (χ1n) is 5.38. The maximum absolute atomic E-state index is 12.9. The second-order valence-electron chi connectivity index (χ2n) is 3.92. The van der Waals surface area contributed by atoms with Gasteiger partial charge in [-0.15, -0.1) is 0 Å². The van der Waals surface area contributed by atoms with E-state index in [1.165, 1.54) is 12.1 Å². The van der Waals surface area contributed by atoms with Crippen LogP contribution in [0.15, 0.2) is 46.9 Å². The fraction of sp³-hybridized carbons (Fsp3) is 0.0769. The maximum atomic E-state index is 12.9. The van der Waals surface area contributed by atoms with Gasteiger partial charge in [0.15, 0.2) is 0 Å². The Morgan fingerprint density at radius 2 is 1.78 bits per heavy atom. The van der Waals surface area contributed by atoms with Gasteiger partial charge in [-0.1, -0.05) is 28.1 Å². The maximum Gasteiger partial charge on any atom is 0.123 e. The second kappa shape index (κ2) is 5.48. The summed E-state index contributed by atoms with van der Waals surface area (Å²) in [6.45, 7) is 0. The first kappa shape index (κ1) is 13.0. The van der Waals surface area contributed by atoms with Crippen LogP contribution in [0.25, 0.3) is 0 Å². The van der Waals surface area contributed by atoms with E-state index in [-0.39, 0.29) is 11.9 Å². The number of hydrogen-bond donors (Lipinski definition) is 3. The van der Waals surface area contributed by atoms with Crippen molar-refractivity contribution < 1.29 is 4.39 Å². The molecule has 0 saturated carbocycles. The first-order valence-corrected chi connectivity index (χ1v) is 6.17. The van der Waals surface area contributed by atoms with Gasteiger partial charge in [0, 0.05) is 10.2 Å². The van der Waals surface area contributed by atoms with Crippen LogP contribution in [0.2, 0.25) is 0 Å². The van der Waals surface area contributed by atoms with Crippen LogP contribution >= 0.6 is 15.9 Å². The summed E-state index contributed by atoms with van der Waals surface area (Å²) >= 11 is 3.39. The molecule has 3 nitrogen and oxygen atoms in total. The fourth-order valence-electron chi connectivity index (χ4n) is 1.82. The van der Waals surface area contributed by atoms with Gasteiger partial charge in [-0.2, -0.15) is 0 Å². The molecule has 18 heavy (non-hydrogen) atoms. The summed E-state index contributed by atoms with van der Waals surface area (Å²) in [5.41, 5.74) is 11.0. The molecular formula is C13H13BrFN3. The molecule has 0 aliphatic heterocycles. The number of nitrogen functional groups attached to an aromatic ring is 1. The molecule has 0 radical (unpaired) electrons. The zero-order valence-corrected chi connectivity index (χ0v) is 11.1. The molecule has 2 aromatic carbocycles. The van der Waals surface area contributed by atoms with E-state index >= 15 is 0 Å². The molecule has 0 aliphatic rings. The van der Waals surface area contributed by atoms with Gasteiger partial charge in [0.25, 0.3) is 0 Å². The third-order valence-corrected chi connectivity index (χ3v) is 3.22. The third kappa shape index (κ3) is 2.69. The van der Waals surface area contributed by atoms with E-state index in [1.54, 1.807) is 18.2 Å². The number of rotatable bonds is 3. The van der Waals surface area contributed by atoms with Crippen molar-refractivity contribution in [3.63, 3.8) is 0 Å². The summed E-state index contributed by atoms with van der Waals surface area (Å²) in [4.78, 5) is 0. The highest BCUT2D eigenvalue weighted by Gasteiger charge is 2.15. The summed E-state index contributed by atoms with van der Waals surface area (Å²) in [5, 5.41) is 0. The molecule has 1 unspecified atom stereocenters. The molecule has 0 aromatic heterocycles. The normalized spacial score (nSPS) is 12.4.